The van der Waals surface area contributed by atoms with Crippen LogP contribution >= 0.6 is 0 Å². The molecule has 0 aliphatic carbocycles. The summed E-state index contributed by atoms with van der Waals surface area (Å²) in [6.45, 7) is 6.47. The molecule has 20 heavy (non-hydrogen) atoms. The van der Waals surface area contributed by atoms with E-state index in [1.807, 2.05) is 6.07 Å². The smallest absolute Gasteiger partial charge is 0.0814 e. The Kier molecular flexibility index (Phi) is 3.06. The maximum Gasteiger partial charge on any atom is 0.0814 e. The second kappa shape index (κ2) is 4.75. The molecule has 0 aromatic heterocycles. The summed E-state index contributed by atoms with van der Waals surface area (Å²) < 4.78 is 0. The summed E-state index contributed by atoms with van der Waals surface area (Å²) in [5.74, 6) is 0. The molecule has 1 heterocycles. The van der Waals surface area contributed by atoms with Crippen molar-refractivity contribution in [1.82, 2.24) is 0 Å². The van der Waals surface area contributed by atoms with Crippen molar-refractivity contribution < 1.29 is 0 Å². The third kappa shape index (κ3) is 2.32. The van der Waals surface area contributed by atoms with Crippen LogP contribution in [-0.4, -0.2) is 11.3 Å². The van der Waals surface area contributed by atoms with E-state index in [2.05, 4.69) is 75.4 Å². The third-order valence-corrected chi connectivity index (χ3v) is 3.77. The highest BCUT2D eigenvalue weighted by Crippen LogP contribution is 2.36. The molecule has 2 aromatic carbocycles. The molecule has 1 heteroatoms. The number of aliphatic imine (C=N–C) groups is 1. The second-order valence-electron chi connectivity index (χ2n) is 5.85. The zero-order valence-corrected chi connectivity index (χ0v) is 12.2. The molecule has 1 nitrogen and oxygen atoms in total. The van der Waals surface area contributed by atoms with Gasteiger partial charge in [-0.25, -0.2) is 0 Å². The molecule has 0 unspecified atom stereocenters. The van der Waals surface area contributed by atoms with Gasteiger partial charge in [0, 0.05) is 0 Å². The fraction of sp³-hybridized carbons (Fsp3) is 0.211. The number of rotatable bonds is 2. The Bertz CT molecular complexity index is 673. The van der Waals surface area contributed by atoms with Gasteiger partial charge in [-0.05, 0) is 43.5 Å². The van der Waals surface area contributed by atoms with Gasteiger partial charge in [0.15, 0.2) is 0 Å². The molecule has 0 amide bonds. The van der Waals surface area contributed by atoms with Gasteiger partial charge in [0.25, 0.3) is 0 Å². The van der Waals surface area contributed by atoms with E-state index < -0.39 is 0 Å². The second-order valence-corrected chi connectivity index (χ2v) is 5.85. The number of allylic oxidation sites excluding steroid dienone is 1. The first kappa shape index (κ1) is 12.9. The molecule has 100 valence electrons. The summed E-state index contributed by atoms with van der Waals surface area (Å²) in [4.78, 5) is 4.89. The molecule has 1 aliphatic heterocycles. The molecule has 3 rings (SSSR count). The van der Waals surface area contributed by atoms with Crippen molar-refractivity contribution in [2.45, 2.75) is 26.3 Å². The fourth-order valence-electron chi connectivity index (χ4n) is 2.63. The van der Waals surface area contributed by atoms with Gasteiger partial charge in [-0.1, -0.05) is 60.2 Å². The minimum absolute atomic E-state index is 0.166. The first-order valence-corrected chi connectivity index (χ1v) is 7.01. The maximum atomic E-state index is 4.89. The van der Waals surface area contributed by atoms with E-state index in [-0.39, 0.29) is 5.54 Å². The Hall–Kier alpha value is -2.15. The van der Waals surface area contributed by atoms with E-state index in [4.69, 9.17) is 4.99 Å². The molecular weight excluding hydrogens is 242 g/mol. The molecule has 0 radical (unpaired) electrons. The van der Waals surface area contributed by atoms with Crippen LogP contribution in [0.4, 0.5) is 0 Å². The Morgan fingerprint density at radius 1 is 0.800 bits per heavy atom. The molecule has 0 spiro atoms. The van der Waals surface area contributed by atoms with Crippen LogP contribution in [0, 0.1) is 6.92 Å². The molecule has 0 saturated carbocycles. The Morgan fingerprint density at radius 3 is 2.10 bits per heavy atom. The monoisotopic (exact) mass is 261 g/mol. The molecule has 0 fully saturated rings. The fourth-order valence-corrected chi connectivity index (χ4v) is 2.63. The van der Waals surface area contributed by atoms with Crippen LogP contribution in [0.25, 0.3) is 5.57 Å². The van der Waals surface area contributed by atoms with Crippen molar-refractivity contribution in [2.75, 3.05) is 0 Å². The van der Waals surface area contributed by atoms with Crippen LogP contribution in [0.3, 0.4) is 0 Å². The topological polar surface area (TPSA) is 12.4 Å². The molecule has 0 bridgehead atoms. The predicted octanol–water partition coefficient (Wildman–Crippen LogP) is 4.66. The summed E-state index contributed by atoms with van der Waals surface area (Å²) in [5, 5.41) is 0. The van der Waals surface area contributed by atoms with E-state index in [1.54, 1.807) is 0 Å². The van der Waals surface area contributed by atoms with Gasteiger partial charge < -0.3 is 0 Å². The van der Waals surface area contributed by atoms with Gasteiger partial charge in [-0.3, -0.25) is 4.99 Å². The summed E-state index contributed by atoms with van der Waals surface area (Å²) in [6, 6.07) is 19.1. The number of nitrogens with zero attached hydrogens (tertiary/aromatic N) is 1. The van der Waals surface area contributed by atoms with E-state index in [0.717, 1.165) is 5.71 Å². The average molecular weight is 261 g/mol. The number of hydrogen-bond acceptors (Lipinski definition) is 1. The van der Waals surface area contributed by atoms with Crippen LogP contribution in [-0.2, 0) is 0 Å². The van der Waals surface area contributed by atoms with Crippen LogP contribution in [0.1, 0.15) is 30.5 Å². The SMILES string of the molecule is Cc1ccc(C2=CC(c3ccccc3)=NC2(C)C)cc1. The first-order chi connectivity index (χ1) is 9.56. The van der Waals surface area contributed by atoms with Crippen molar-refractivity contribution in [1.29, 1.82) is 0 Å². The summed E-state index contributed by atoms with van der Waals surface area (Å²) >= 11 is 0. The highest BCUT2D eigenvalue weighted by Gasteiger charge is 2.29. The maximum absolute atomic E-state index is 4.89. The van der Waals surface area contributed by atoms with Crippen molar-refractivity contribution in [3.05, 3.63) is 77.4 Å². The lowest BCUT2D eigenvalue weighted by molar-refractivity contribution is 0.689. The standard InChI is InChI=1S/C19H19N/c1-14-9-11-15(12-10-14)17-13-18(20-19(17,2)3)16-7-5-4-6-8-16/h4-13H,1-3H3. The quantitative estimate of drug-likeness (QED) is 0.745. The molecule has 1 aliphatic rings. The van der Waals surface area contributed by atoms with Gasteiger partial charge in [0.2, 0.25) is 0 Å². The Balaban J connectivity index is 2.03. The normalized spacial score (nSPS) is 16.8. The average Bonchev–Trinajstić information content (AvgIpc) is 2.77. The van der Waals surface area contributed by atoms with E-state index >= 15 is 0 Å². The third-order valence-electron chi connectivity index (χ3n) is 3.77. The van der Waals surface area contributed by atoms with Crippen molar-refractivity contribution in [3.63, 3.8) is 0 Å². The van der Waals surface area contributed by atoms with Crippen LogP contribution in [0.5, 0.6) is 0 Å². The summed E-state index contributed by atoms with van der Waals surface area (Å²) in [7, 11) is 0. The first-order valence-electron chi connectivity index (χ1n) is 7.01. The van der Waals surface area contributed by atoms with Gasteiger partial charge in [0.05, 0.1) is 11.3 Å². The van der Waals surface area contributed by atoms with Crippen molar-refractivity contribution in [2.24, 2.45) is 4.99 Å². The van der Waals surface area contributed by atoms with Gasteiger partial charge in [0.1, 0.15) is 0 Å². The molecule has 0 N–H and O–H groups in total. The number of hydrogen-bond donors (Lipinski definition) is 0. The molecule has 0 saturated heterocycles. The molecule has 0 atom stereocenters. The largest absolute Gasteiger partial charge is 0.274 e. The highest BCUT2D eigenvalue weighted by molar-refractivity contribution is 6.16. The number of aryl methyl sites for hydroxylation is 1. The van der Waals surface area contributed by atoms with E-state index in [1.165, 1.54) is 22.3 Å². The predicted molar refractivity (Wildman–Crippen MR) is 86.2 cm³/mol. The Morgan fingerprint density at radius 2 is 1.45 bits per heavy atom. The zero-order valence-electron chi connectivity index (χ0n) is 12.2. The summed E-state index contributed by atoms with van der Waals surface area (Å²) in [5.41, 5.74) is 5.93. The van der Waals surface area contributed by atoms with Crippen molar-refractivity contribution in [3.8, 4) is 0 Å². The molecular formula is C19H19N. The molecule has 2 aromatic rings. The van der Waals surface area contributed by atoms with Crippen LogP contribution in [0.2, 0.25) is 0 Å². The van der Waals surface area contributed by atoms with Crippen molar-refractivity contribution >= 4 is 11.3 Å². The number of benzene rings is 2. The summed E-state index contributed by atoms with van der Waals surface area (Å²) in [6.07, 6.45) is 2.22. The van der Waals surface area contributed by atoms with Crippen LogP contribution < -0.4 is 0 Å². The van der Waals surface area contributed by atoms with E-state index in [0.29, 0.717) is 0 Å². The van der Waals surface area contributed by atoms with Crippen LogP contribution in [0.15, 0.2) is 65.7 Å². The zero-order chi connectivity index (χ0) is 14.2. The van der Waals surface area contributed by atoms with Gasteiger partial charge in [-0.15, -0.1) is 0 Å². The minimum Gasteiger partial charge on any atom is -0.274 e. The van der Waals surface area contributed by atoms with Gasteiger partial charge >= 0.3 is 0 Å². The van der Waals surface area contributed by atoms with Gasteiger partial charge in [-0.2, -0.15) is 0 Å². The minimum atomic E-state index is -0.166. The lowest BCUT2D eigenvalue weighted by atomic mass is 9.89. The lowest BCUT2D eigenvalue weighted by Crippen LogP contribution is -2.16. The highest BCUT2D eigenvalue weighted by atomic mass is 14.9. The lowest BCUT2D eigenvalue weighted by Gasteiger charge is -2.19. The van der Waals surface area contributed by atoms with E-state index in [9.17, 15) is 0 Å². The Labute approximate surface area is 120 Å².